The Morgan fingerprint density at radius 2 is 1.54 bits per heavy atom. The van der Waals surface area contributed by atoms with Gasteiger partial charge in [0.25, 0.3) is 0 Å². The zero-order valence-electron chi connectivity index (χ0n) is 25.1. The molecule has 0 aliphatic rings. The number of pyridine rings is 1. The number of rotatable bonds is 10. The van der Waals surface area contributed by atoms with Crippen LogP contribution in [0.4, 0.5) is 5.69 Å². The zero-order chi connectivity index (χ0) is 31.7. The maximum absolute atomic E-state index is 6.80. The number of benzene rings is 5. The SMILES string of the molecule is C=C(/N=C(/c1ccccc1)c1ccc2ccccc2c1N)c1cc(-c2ccc(CN/C=C\C=N/I)cc2)cc(-c2ccccn2)c1. The van der Waals surface area contributed by atoms with E-state index in [0.717, 1.165) is 62.1 Å². The molecule has 0 bridgehead atoms. The molecule has 6 heteroatoms. The Bertz CT molecular complexity index is 2070. The van der Waals surface area contributed by atoms with Crippen molar-refractivity contribution in [2.45, 2.75) is 6.54 Å². The minimum Gasteiger partial charge on any atom is -0.398 e. The summed E-state index contributed by atoms with van der Waals surface area (Å²) in [6.07, 6.45) is 7.31. The fourth-order valence-corrected chi connectivity index (χ4v) is 5.54. The molecule has 3 N–H and O–H groups in total. The van der Waals surface area contributed by atoms with Gasteiger partial charge in [0.2, 0.25) is 0 Å². The summed E-state index contributed by atoms with van der Waals surface area (Å²) in [6, 6.07) is 43.4. The monoisotopic (exact) mass is 709 g/mol. The number of halogens is 1. The van der Waals surface area contributed by atoms with E-state index in [0.29, 0.717) is 11.4 Å². The van der Waals surface area contributed by atoms with E-state index in [1.165, 1.54) is 5.56 Å². The average Bonchev–Trinajstić information content (AvgIpc) is 3.12. The molecular weight excluding hydrogens is 677 g/mol. The molecule has 0 amide bonds. The summed E-state index contributed by atoms with van der Waals surface area (Å²) in [4.78, 5) is 9.83. The van der Waals surface area contributed by atoms with Crippen molar-refractivity contribution in [3.05, 3.63) is 175 Å². The first kappa shape index (κ1) is 30.7. The Labute approximate surface area is 283 Å². The maximum atomic E-state index is 6.80. The molecule has 0 saturated heterocycles. The second-order valence-electron chi connectivity index (χ2n) is 10.7. The summed E-state index contributed by atoms with van der Waals surface area (Å²) >= 11 is 1.96. The number of fused-ring (bicyclic) bond motifs is 1. The number of nitrogens with two attached hydrogens (primary N) is 1. The van der Waals surface area contributed by atoms with Crippen LogP contribution in [0.5, 0.6) is 0 Å². The molecule has 1 aromatic heterocycles. The molecule has 0 fully saturated rings. The van der Waals surface area contributed by atoms with Crippen LogP contribution >= 0.6 is 22.9 Å². The number of hydrogen-bond acceptors (Lipinski definition) is 5. The molecule has 0 atom stereocenters. The molecule has 0 radical (unpaired) electrons. The number of hydrogen-bond donors (Lipinski definition) is 2. The minimum absolute atomic E-state index is 0.632. The van der Waals surface area contributed by atoms with Crippen molar-refractivity contribution in [2.75, 3.05) is 5.73 Å². The van der Waals surface area contributed by atoms with Crippen molar-refractivity contribution in [2.24, 2.45) is 8.20 Å². The number of nitrogens with zero attached hydrogens (tertiary/aromatic N) is 3. The number of anilines is 1. The molecule has 224 valence electrons. The highest BCUT2D eigenvalue weighted by atomic mass is 127. The van der Waals surface area contributed by atoms with Gasteiger partial charge in [-0.05, 0) is 64.7 Å². The summed E-state index contributed by atoms with van der Waals surface area (Å²) in [7, 11) is 0. The largest absolute Gasteiger partial charge is 0.398 e. The van der Waals surface area contributed by atoms with Crippen LogP contribution < -0.4 is 11.1 Å². The third kappa shape index (κ3) is 7.14. The average molecular weight is 710 g/mol. The first-order valence-corrected chi connectivity index (χ1v) is 15.9. The lowest BCUT2D eigenvalue weighted by Gasteiger charge is -2.15. The molecule has 0 aliphatic heterocycles. The van der Waals surface area contributed by atoms with E-state index in [-0.39, 0.29) is 0 Å². The van der Waals surface area contributed by atoms with Crippen LogP contribution in [-0.2, 0) is 6.54 Å². The van der Waals surface area contributed by atoms with Crippen LogP contribution in [0, 0.1) is 0 Å². The Kier molecular flexibility index (Phi) is 9.75. The summed E-state index contributed by atoms with van der Waals surface area (Å²) in [6.45, 7) is 5.19. The van der Waals surface area contributed by atoms with Crippen molar-refractivity contribution in [3.63, 3.8) is 0 Å². The third-order valence-electron chi connectivity index (χ3n) is 7.70. The predicted octanol–water partition coefficient (Wildman–Crippen LogP) is 9.68. The molecule has 6 rings (SSSR count). The highest BCUT2D eigenvalue weighted by Gasteiger charge is 2.15. The van der Waals surface area contributed by atoms with E-state index in [2.05, 4.69) is 92.9 Å². The van der Waals surface area contributed by atoms with E-state index in [9.17, 15) is 0 Å². The van der Waals surface area contributed by atoms with Crippen LogP contribution in [0.15, 0.2) is 161 Å². The van der Waals surface area contributed by atoms with Gasteiger partial charge in [-0.15, -0.1) is 0 Å². The number of nitrogen functional groups attached to an aromatic ring is 1. The first-order chi connectivity index (χ1) is 22.6. The van der Waals surface area contributed by atoms with Crippen molar-refractivity contribution < 1.29 is 0 Å². The maximum Gasteiger partial charge on any atom is 0.0831 e. The number of aromatic nitrogens is 1. The molecule has 46 heavy (non-hydrogen) atoms. The molecule has 0 aliphatic carbocycles. The lowest BCUT2D eigenvalue weighted by atomic mass is 9.95. The highest BCUT2D eigenvalue weighted by molar-refractivity contribution is 14.1. The van der Waals surface area contributed by atoms with Crippen LogP contribution in [0.3, 0.4) is 0 Å². The standard InChI is InChI=1S/C40H32IN5/c1-28(46-40(32-11-3-2-4-12-32)37-20-19-31-10-5-6-13-36(31)39(37)42)33-24-34(26-35(25-33)38-14-7-8-22-44-38)30-17-15-29(16-18-30)27-43-21-9-23-45-41/h2-26,43H,1,27,42H2/b21-9-,45-23-,46-40-. The smallest absolute Gasteiger partial charge is 0.0831 e. The first-order valence-electron chi connectivity index (χ1n) is 14.9. The van der Waals surface area contributed by atoms with Gasteiger partial charge in [0.1, 0.15) is 0 Å². The van der Waals surface area contributed by atoms with Gasteiger partial charge < -0.3 is 11.1 Å². The van der Waals surface area contributed by atoms with E-state index in [1.54, 1.807) is 6.21 Å². The lowest BCUT2D eigenvalue weighted by molar-refractivity contribution is 0.871. The van der Waals surface area contributed by atoms with Gasteiger partial charge in [-0.3, -0.25) is 4.98 Å². The minimum atomic E-state index is 0.632. The van der Waals surface area contributed by atoms with Gasteiger partial charge in [-0.1, -0.05) is 104 Å². The third-order valence-corrected chi connectivity index (χ3v) is 8.02. The molecule has 6 aromatic rings. The van der Waals surface area contributed by atoms with Gasteiger partial charge in [-0.25, -0.2) is 8.20 Å². The molecule has 5 aromatic carbocycles. The Morgan fingerprint density at radius 1 is 0.783 bits per heavy atom. The van der Waals surface area contributed by atoms with Crippen LogP contribution in [0.2, 0.25) is 0 Å². The van der Waals surface area contributed by atoms with Gasteiger partial charge in [-0.2, -0.15) is 0 Å². The zero-order valence-corrected chi connectivity index (χ0v) is 27.3. The van der Waals surface area contributed by atoms with Crippen molar-refractivity contribution in [1.29, 1.82) is 0 Å². The fourth-order valence-electron chi connectivity index (χ4n) is 5.36. The Hall–Kier alpha value is -5.34. The van der Waals surface area contributed by atoms with Crippen LogP contribution in [-0.4, -0.2) is 16.9 Å². The van der Waals surface area contributed by atoms with Gasteiger partial charge in [0.15, 0.2) is 0 Å². The quantitative estimate of drug-likeness (QED) is 0.0845. The van der Waals surface area contributed by atoms with Crippen LogP contribution in [0.25, 0.3) is 38.9 Å². The van der Waals surface area contributed by atoms with E-state index in [1.807, 2.05) is 95.9 Å². The summed E-state index contributed by atoms with van der Waals surface area (Å²) < 4.78 is 3.93. The normalized spacial score (nSPS) is 11.8. The molecule has 0 spiro atoms. The predicted molar refractivity (Wildman–Crippen MR) is 203 cm³/mol. The van der Waals surface area contributed by atoms with Gasteiger partial charge >= 0.3 is 0 Å². The summed E-state index contributed by atoms with van der Waals surface area (Å²) in [5, 5.41) is 5.38. The number of aliphatic imine (C=N–C) groups is 1. The van der Waals surface area contributed by atoms with Crippen molar-refractivity contribution >= 4 is 56.9 Å². The Balaban J connectivity index is 1.42. The summed E-state index contributed by atoms with van der Waals surface area (Å²) in [5.41, 5.74) is 16.8. The van der Waals surface area contributed by atoms with E-state index in [4.69, 9.17) is 10.7 Å². The van der Waals surface area contributed by atoms with Gasteiger partial charge in [0, 0.05) is 52.3 Å². The van der Waals surface area contributed by atoms with E-state index < -0.39 is 0 Å². The summed E-state index contributed by atoms with van der Waals surface area (Å²) in [5.74, 6) is 0. The van der Waals surface area contributed by atoms with Crippen molar-refractivity contribution in [1.82, 2.24) is 10.3 Å². The number of nitrogens with one attached hydrogen (secondary N) is 1. The molecule has 1 heterocycles. The fraction of sp³-hybridized carbons (Fsp3) is 0.0250. The molecule has 0 saturated carbocycles. The highest BCUT2D eigenvalue weighted by Crippen LogP contribution is 2.32. The van der Waals surface area contributed by atoms with E-state index >= 15 is 0 Å². The molecular formula is C40H32IN5. The molecule has 0 unspecified atom stereocenters. The number of allylic oxidation sites excluding steroid dienone is 1. The van der Waals surface area contributed by atoms with Gasteiger partial charge in [0.05, 0.1) is 40.0 Å². The second kappa shape index (κ2) is 14.6. The Morgan fingerprint density at radius 3 is 2.33 bits per heavy atom. The second-order valence-corrected chi connectivity index (χ2v) is 11.3. The lowest BCUT2D eigenvalue weighted by Crippen LogP contribution is -2.08. The topological polar surface area (TPSA) is 75.7 Å². The van der Waals surface area contributed by atoms with Crippen LogP contribution in [0.1, 0.15) is 22.3 Å². The molecule has 5 nitrogen and oxygen atoms in total. The van der Waals surface area contributed by atoms with Crippen molar-refractivity contribution in [3.8, 4) is 22.4 Å².